The minimum absolute atomic E-state index is 0.0658. The Morgan fingerprint density at radius 2 is 1.58 bits per heavy atom. The molecule has 1 aromatic heterocycles. The van der Waals surface area contributed by atoms with E-state index in [0.29, 0.717) is 0 Å². The maximum absolute atomic E-state index is 12.5. The second-order valence-electron chi connectivity index (χ2n) is 4.06. The van der Waals surface area contributed by atoms with Gasteiger partial charge in [0, 0.05) is 0 Å². The van der Waals surface area contributed by atoms with Crippen molar-refractivity contribution in [2.24, 2.45) is 0 Å². The molecule has 0 saturated heterocycles. The molecule has 0 bridgehead atoms. The summed E-state index contributed by atoms with van der Waals surface area (Å²) >= 11 is 0.0658. The van der Waals surface area contributed by atoms with Crippen LogP contribution in [0.15, 0.2) is 48.5 Å². The molecule has 0 atom stereocenters. The summed E-state index contributed by atoms with van der Waals surface area (Å²) in [5, 5.41) is 0. The van der Waals surface area contributed by atoms with Crippen LogP contribution in [0.1, 0.15) is 5.56 Å². The molecule has 0 N–H and O–H groups in total. The Morgan fingerprint density at radius 3 is 2.21 bits per heavy atom. The van der Waals surface area contributed by atoms with Crippen molar-refractivity contribution in [1.29, 1.82) is 0 Å². The molecular weight excluding hydrogens is 318 g/mol. The van der Waals surface area contributed by atoms with Gasteiger partial charge in [-0.2, -0.15) is 0 Å². The van der Waals surface area contributed by atoms with Crippen LogP contribution in [-0.4, -0.2) is 19.5 Å². The van der Waals surface area contributed by atoms with Gasteiger partial charge in [0.1, 0.15) is 0 Å². The number of hydrogen-bond acceptors (Lipinski definition) is 1. The Kier molecular flexibility index (Phi) is 2.96. The van der Waals surface area contributed by atoms with Gasteiger partial charge in [-0.3, -0.25) is 0 Å². The Hall–Kier alpha value is -1.58. The Bertz CT molecular complexity index is 680. The Balaban J connectivity index is 2.02. The first-order valence-corrected chi connectivity index (χ1v) is 7.28. The number of nitrogens with zero attached hydrogens (tertiary/aromatic N) is 1. The van der Waals surface area contributed by atoms with Crippen molar-refractivity contribution in [3.63, 3.8) is 0 Å². The fourth-order valence-electron chi connectivity index (χ4n) is 1.80. The molecule has 0 radical (unpaired) electrons. The number of alkyl halides is 3. The number of fused-ring (bicyclic) bond motifs is 1. The first-order valence-electron chi connectivity index (χ1n) is 5.57. The van der Waals surface area contributed by atoms with E-state index >= 15 is 0 Å². The van der Waals surface area contributed by atoms with Gasteiger partial charge in [0.25, 0.3) is 0 Å². The van der Waals surface area contributed by atoms with Gasteiger partial charge in [0.05, 0.1) is 0 Å². The molecular formula is C14H8F3NSe. The van der Waals surface area contributed by atoms with E-state index in [-0.39, 0.29) is 14.5 Å². The Morgan fingerprint density at radius 1 is 0.895 bits per heavy atom. The second-order valence-corrected chi connectivity index (χ2v) is 6.22. The van der Waals surface area contributed by atoms with Crippen molar-refractivity contribution < 1.29 is 13.2 Å². The minimum atomic E-state index is -4.29. The second kappa shape index (κ2) is 4.51. The predicted octanol–water partition coefficient (Wildman–Crippen LogP) is 3.98. The molecule has 2 aromatic carbocycles. The molecule has 0 saturated carbocycles. The van der Waals surface area contributed by atoms with Crippen LogP contribution in [0, 0.1) is 0 Å². The van der Waals surface area contributed by atoms with Crippen molar-refractivity contribution in [1.82, 2.24) is 4.98 Å². The summed E-state index contributed by atoms with van der Waals surface area (Å²) in [5.74, 6) is 0. The van der Waals surface area contributed by atoms with Gasteiger partial charge in [-0.25, -0.2) is 0 Å². The van der Waals surface area contributed by atoms with Crippen LogP contribution in [0.3, 0.4) is 0 Å². The van der Waals surface area contributed by atoms with Gasteiger partial charge in [-0.05, 0) is 0 Å². The van der Waals surface area contributed by atoms with Gasteiger partial charge in [-0.15, -0.1) is 0 Å². The van der Waals surface area contributed by atoms with Crippen LogP contribution < -0.4 is 0 Å². The zero-order chi connectivity index (χ0) is 13.5. The Labute approximate surface area is 113 Å². The quantitative estimate of drug-likeness (QED) is 0.617. The van der Waals surface area contributed by atoms with Crippen molar-refractivity contribution >= 4 is 24.3 Å². The molecule has 5 heteroatoms. The third kappa shape index (κ3) is 2.44. The molecule has 1 nitrogen and oxygen atoms in total. The van der Waals surface area contributed by atoms with E-state index in [2.05, 4.69) is 4.98 Å². The molecule has 0 spiro atoms. The number of halogens is 3. The maximum atomic E-state index is 12.5. The van der Waals surface area contributed by atoms with E-state index in [0.717, 1.165) is 27.8 Å². The van der Waals surface area contributed by atoms with E-state index in [1.807, 2.05) is 24.3 Å². The molecule has 19 heavy (non-hydrogen) atoms. The van der Waals surface area contributed by atoms with Gasteiger partial charge in [0.2, 0.25) is 0 Å². The predicted molar refractivity (Wildman–Crippen MR) is 69.1 cm³/mol. The van der Waals surface area contributed by atoms with Crippen molar-refractivity contribution in [3.05, 3.63) is 54.1 Å². The van der Waals surface area contributed by atoms with Crippen LogP contribution >= 0.6 is 0 Å². The van der Waals surface area contributed by atoms with E-state index < -0.39 is 11.7 Å². The summed E-state index contributed by atoms with van der Waals surface area (Å²) in [6.07, 6.45) is -4.29. The van der Waals surface area contributed by atoms with Crippen LogP contribution in [0.5, 0.6) is 0 Å². The fourth-order valence-corrected chi connectivity index (χ4v) is 3.83. The average molecular weight is 326 g/mol. The third-order valence-corrected chi connectivity index (χ3v) is 5.03. The normalized spacial score (nSPS) is 11.9. The molecule has 0 aliphatic heterocycles. The van der Waals surface area contributed by atoms with Gasteiger partial charge in [-0.1, -0.05) is 0 Å². The number of rotatable bonds is 1. The van der Waals surface area contributed by atoms with Gasteiger partial charge in [0.15, 0.2) is 0 Å². The number of benzene rings is 2. The summed E-state index contributed by atoms with van der Waals surface area (Å²) in [6, 6.07) is 13.0. The number of para-hydroxylation sites is 1. The zero-order valence-corrected chi connectivity index (χ0v) is 11.3. The molecule has 3 aromatic rings. The molecule has 0 fully saturated rings. The summed E-state index contributed by atoms with van der Waals surface area (Å²) < 4.78 is 39.5. The van der Waals surface area contributed by atoms with E-state index in [9.17, 15) is 13.2 Å². The van der Waals surface area contributed by atoms with Crippen molar-refractivity contribution in [2.75, 3.05) is 0 Å². The van der Waals surface area contributed by atoms with Crippen LogP contribution in [0.2, 0.25) is 0 Å². The fraction of sp³-hybridized carbons (Fsp3) is 0.0714. The molecule has 1 heterocycles. The van der Waals surface area contributed by atoms with Crippen LogP contribution in [0.4, 0.5) is 13.2 Å². The average Bonchev–Trinajstić information content (AvgIpc) is 2.81. The third-order valence-electron chi connectivity index (χ3n) is 2.75. The standard InChI is InChI=1S/C14H8F3NSe/c15-14(16,17)10-7-5-9(6-8-10)13-18-11-3-1-2-4-12(11)19-13/h1-8H. The molecule has 0 aliphatic carbocycles. The molecule has 0 unspecified atom stereocenters. The molecule has 3 rings (SSSR count). The van der Waals surface area contributed by atoms with Gasteiger partial charge >= 0.3 is 113 Å². The first-order chi connectivity index (χ1) is 9.04. The zero-order valence-electron chi connectivity index (χ0n) is 9.61. The van der Waals surface area contributed by atoms with Gasteiger partial charge < -0.3 is 0 Å². The van der Waals surface area contributed by atoms with E-state index in [1.54, 1.807) is 0 Å². The van der Waals surface area contributed by atoms with E-state index in [1.165, 1.54) is 16.4 Å². The molecule has 0 amide bonds. The molecule has 96 valence electrons. The number of hydrogen-bond donors (Lipinski definition) is 0. The van der Waals surface area contributed by atoms with Crippen LogP contribution in [-0.2, 0) is 6.18 Å². The summed E-state index contributed by atoms with van der Waals surface area (Å²) in [5.41, 5.74) is 1.07. The molecule has 0 aliphatic rings. The monoisotopic (exact) mass is 327 g/mol. The summed E-state index contributed by atoms with van der Waals surface area (Å²) in [4.78, 5) is 4.48. The summed E-state index contributed by atoms with van der Waals surface area (Å²) in [7, 11) is 0. The van der Waals surface area contributed by atoms with Crippen molar-refractivity contribution in [3.8, 4) is 10.1 Å². The topological polar surface area (TPSA) is 12.9 Å². The van der Waals surface area contributed by atoms with Crippen molar-refractivity contribution in [2.45, 2.75) is 6.18 Å². The SMILES string of the molecule is FC(F)(F)c1ccc(-c2nc3ccccc3[se]2)cc1. The summed E-state index contributed by atoms with van der Waals surface area (Å²) in [6.45, 7) is 0. The first kappa shape index (κ1) is 12.5. The van der Waals surface area contributed by atoms with Crippen LogP contribution in [0.25, 0.3) is 19.9 Å². The number of aromatic nitrogens is 1. The van der Waals surface area contributed by atoms with E-state index in [4.69, 9.17) is 0 Å².